The molecule has 0 amide bonds. The highest BCUT2D eigenvalue weighted by atomic mass is 32.2. The number of benzene rings is 1. The summed E-state index contributed by atoms with van der Waals surface area (Å²) in [6.07, 6.45) is 3.36. The van der Waals surface area contributed by atoms with E-state index in [0.717, 1.165) is 12.3 Å². The molecule has 64 valence electrons. The molecule has 0 fully saturated rings. The predicted molar refractivity (Wildman–Crippen MR) is 55.9 cm³/mol. The van der Waals surface area contributed by atoms with Gasteiger partial charge in [0.05, 0.1) is 0 Å². The van der Waals surface area contributed by atoms with Gasteiger partial charge < -0.3 is 5.32 Å². The van der Waals surface area contributed by atoms with Crippen molar-refractivity contribution < 1.29 is 0 Å². The van der Waals surface area contributed by atoms with Crippen LogP contribution in [0.3, 0.4) is 0 Å². The Morgan fingerprint density at radius 3 is 3.25 bits per heavy atom. The fraction of sp³-hybridized carbons (Fsp3) is 0.400. The van der Waals surface area contributed by atoms with Crippen molar-refractivity contribution >= 4 is 17.4 Å². The smallest absolute Gasteiger partial charge is 0.0376 e. The molecule has 1 aliphatic heterocycles. The number of hydrogen-bond acceptors (Lipinski definition) is 2. The summed E-state index contributed by atoms with van der Waals surface area (Å²) in [4.78, 5) is 0. The largest absolute Gasteiger partial charge is 0.384 e. The maximum Gasteiger partial charge on any atom is 0.0376 e. The molecule has 0 bridgehead atoms. The molecule has 1 N–H and O–H groups in total. The van der Waals surface area contributed by atoms with Gasteiger partial charge in [-0.3, -0.25) is 0 Å². The lowest BCUT2D eigenvalue weighted by Crippen LogP contribution is -1.90. The molecular formula is C10H13NS. The van der Waals surface area contributed by atoms with Gasteiger partial charge >= 0.3 is 0 Å². The molecule has 2 heteroatoms. The highest BCUT2D eigenvalue weighted by molar-refractivity contribution is 7.97. The van der Waals surface area contributed by atoms with Crippen LogP contribution < -0.4 is 5.32 Å². The van der Waals surface area contributed by atoms with Crippen LogP contribution >= 0.6 is 11.8 Å². The molecule has 0 saturated heterocycles. The quantitative estimate of drug-likeness (QED) is 0.748. The first-order valence-electron chi connectivity index (χ1n) is 4.25. The van der Waals surface area contributed by atoms with Crippen LogP contribution in [0.1, 0.15) is 11.1 Å². The van der Waals surface area contributed by atoms with E-state index in [0.29, 0.717) is 0 Å². The zero-order chi connectivity index (χ0) is 8.39. The Balaban J connectivity index is 2.36. The molecule has 12 heavy (non-hydrogen) atoms. The molecule has 0 atom stereocenters. The van der Waals surface area contributed by atoms with Crippen molar-refractivity contribution in [3.63, 3.8) is 0 Å². The van der Waals surface area contributed by atoms with Crippen LogP contribution in [-0.2, 0) is 12.2 Å². The average Bonchev–Trinajstić information content (AvgIpc) is 2.53. The van der Waals surface area contributed by atoms with Gasteiger partial charge in [0.2, 0.25) is 0 Å². The van der Waals surface area contributed by atoms with Crippen LogP contribution in [-0.4, -0.2) is 12.8 Å². The highest BCUT2D eigenvalue weighted by Gasteiger charge is 2.12. The summed E-state index contributed by atoms with van der Waals surface area (Å²) in [5.41, 5.74) is 4.39. The molecule has 1 aromatic rings. The van der Waals surface area contributed by atoms with E-state index in [1.165, 1.54) is 23.2 Å². The molecule has 1 heterocycles. The first kappa shape index (κ1) is 7.99. The molecule has 0 aliphatic carbocycles. The zero-order valence-electron chi connectivity index (χ0n) is 7.26. The van der Waals surface area contributed by atoms with E-state index >= 15 is 0 Å². The van der Waals surface area contributed by atoms with Gasteiger partial charge in [0, 0.05) is 18.0 Å². The van der Waals surface area contributed by atoms with Crippen LogP contribution in [0.25, 0.3) is 0 Å². The molecule has 1 aromatic carbocycles. The molecule has 0 spiro atoms. The van der Waals surface area contributed by atoms with Crippen LogP contribution in [0.15, 0.2) is 18.2 Å². The summed E-state index contributed by atoms with van der Waals surface area (Å²) in [7, 11) is 0. The topological polar surface area (TPSA) is 12.0 Å². The minimum Gasteiger partial charge on any atom is -0.384 e. The Labute approximate surface area is 77.6 Å². The van der Waals surface area contributed by atoms with Crippen LogP contribution in [0.2, 0.25) is 0 Å². The van der Waals surface area contributed by atoms with Gasteiger partial charge in [-0.25, -0.2) is 0 Å². The van der Waals surface area contributed by atoms with E-state index in [-0.39, 0.29) is 0 Å². The number of hydrogen-bond donors (Lipinski definition) is 1. The Morgan fingerprint density at radius 1 is 1.50 bits per heavy atom. The van der Waals surface area contributed by atoms with Crippen molar-refractivity contribution in [2.75, 3.05) is 18.1 Å². The molecule has 0 aromatic heterocycles. The summed E-state index contributed by atoms with van der Waals surface area (Å²) in [6, 6.07) is 6.55. The van der Waals surface area contributed by atoms with Crippen molar-refractivity contribution in [3.05, 3.63) is 29.3 Å². The second kappa shape index (κ2) is 3.40. The first-order valence-corrected chi connectivity index (χ1v) is 5.65. The normalized spacial score (nSPS) is 14.1. The Kier molecular flexibility index (Phi) is 2.26. The molecule has 0 radical (unpaired) electrons. The van der Waals surface area contributed by atoms with Crippen molar-refractivity contribution in [2.45, 2.75) is 12.2 Å². The highest BCUT2D eigenvalue weighted by Crippen LogP contribution is 2.27. The first-order chi connectivity index (χ1) is 5.92. The summed E-state index contributed by atoms with van der Waals surface area (Å²) in [5.74, 6) is 1.14. The summed E-state index contributed by atoms with van der Waals surface area (Å²) < 4.78 is 0. The summed E-state index contributed by atoms with van der Waals surface area (Å²) in [6.45, 7) is 1.11. The van der Waals surface area contributed by atoms with Crippen LogP contribution in [0.4, 0.5) is 5.69 Å². The van der Waals surface area contributed by atoms with Crippen LogP contribution in [0.5, 0.6) is 0 Å². The Hall–Kier alpha value is -0.630. The fourth-order valence-electron chi connectivity index (χ4n) is 1.71. The van der Waals surface area contributed by atoms with Gasteiger partial charge in [-0.15, -0.1) is 0 Å². The van der Waals surface area contributed by atoms with Gasteiger partial charge in [0.1, 0.15) is 0 Å². The third kappa shape index (κ3) is 1.31. The molecule has 1 aliphatic rings. The van der Waals surface area contributed by atoms with E-state index in [9.17, 15) is 0 Å². The van der Waals surface area contributed by atoms with Crippen LogP contribution in [0, 0.1) is 0 Å². The third-order valence-electron chi connectivity index (χ3n) is 2.26. The van der Waals surface area contributed by atoms with E-state index in [1.807, 2.05) is 11.8 Å². The van der Waals surface area contributed by atoms with Gasteiger partial charge in [0.15, 0.2) is 0 Å². The van der Waals surface area contributed by atoms with Gasteiger partial charge in [-0.1, -0.05) is 12.1 Å². The lowest BCUT2D eigenvalue weighted by atomic mass is 10.1. The van der Waals surface area contributed by atoms with E-state index in [1.54, 1.807) is 0 Å². The Bertz CT molecular complexity index is 283. The van der Waals surface area contributed by atoms with E-state index < -0.39 is 0 Å². The Morgan fingerprint density at radius 2 is 2.42 bits per heavy atom. The van der Waals surface area contributed by atoms with Gasteiger partial charge in [-0.2, -0.15) is 11.8 Å². The average molecular weight is 179 g/mol. The van der Waals surface area contributed by atoms with Gasteiger partial charge in [0.25, 0.3) is 0 Å². The van der Waals surface area contributed by atoms with Crippen molar-refractivity contribution in [1.82, 2.24) is 0 Å². The summed E-state index contributed by atoms with van der Waals surface area (Å²) in [5, 5.41) is 3.39. The molecule has 0 saturated carbocycles. The molecule has 1 nitrogen and oxygen atoms in total. The van der Waals surface area contributed by atoms with Gasteiger partial charge in [-0.05, 0) is 29.9 Å². The molecule has 0 unspecified atom stereocenters. The number of anilines is 1. The minimum absolute atomic E-state index is 1.11. The number of nitrogens with one attached hydrogen (secondary N) is 1. The number of fused-ring (bicyclic) bond motifs is 1. The molecule has 2 rings (SSSR count). The third-order valence-corrected chi connectivity index (χ3v) is 2.86. The van der Waals surface area contributed by atoms with E-state index in [2.05, 4.69) is 29.8 Å². The SMILES string of the molecule is CSCc1cccc2c1CCN2. The lowest BCUT2D eigenvalue weighted by Gasteiger charge is -2.05. The summed E-state index contributed by atoms with van der Waals surface area (Å²) >= 11 is 1.89. The second-order valence-corrected chi connectivity index (χ2v) is 3.92. The maximum absolute atomic E-state index is 3.39. The lowest BCUT2D eigenvalue weighted by molar-refractivity contribution is 1.09. The zero-order valence-corrected chi connectivity index (χ0v) is 8.08. The predicted octanol–water partition coefficient (Wildman–Crippen LogP) is 2.52. The number of thioether (sulfide) groups is 1. The number of rotatable bonds is 2. The standard InChI is InChI=1S/C10H13NS/c1-12-7-8-3-2-4-10-9(8)5-6-11-10/h2-4,11H,5-7H2,1H3. The van der Waals surface area contributed by atoms with Crippen molar-refractivity contribution in [3.8, 4) is 0 Å². The van der Waals surface area contributed by atoms with Crippen molar-refractivity contribution in [1.29, 1.82) is 0 Å². The minimum atomic E-state index is 1.11. The second-order valence-electron chi connectivity index (χ2n) is 3.05. The fourth-order valence-corrected chi connectivity index (χ4v) is 2.29. The molecular weight excluding hydrogens is 166 g/mol. The maximum atomic E-state index is 3.39. The van der Waals surface area contributed by atoms with E-state index in [4.69, 9.17) is 0 Å². The van der Waals surface area contributed by atoms with Crippen molar-refractivity contribution in [2.24, 2.45) is 0 Å². The monoisotopic (exact) mass is 179 g/mol.